The molecule has 2 aliphatic heterocycles. The Balaban J connectivity index is 1.53. The molecule has 1 aromatic heterocycles. The number of fused-ring (bicyclic) bond motifs is 2. The predicted molar refractivity (Wildman–Crippen MR) is 90.4 cm³/mol. The van der Waals surface area contributed by atoms with Gasteiger partial charge in [-0.1, -0.05) is 0 Å². The van der Waals surface area contributed by atoms with E-state index in [4.69, 9.17) is 14.5 Å². The van der Waals surface area contributed by atoms with Crippen molar-refractivity contribution >= 4 is 0 Å². The molecule has 1 aliphatic carbocycles. The van der Waals surface area contributed by atoms with Crippen LogP contribution in [0.25, 0.3) is 0 Å². The third-order valence-corrected chi connectivity index (χ3v) is 5.74. The van der Waals surface area contributed by atoms with Crippen molar-refractivity contribution in [3.05, 3.63) is 27.4 Å². The summed E-state index contributed by atoms with van der Waals surface area (Å²) in [4.78, 5) is 22.4. The fourth-order valence-corrected chi connectivity index (χ4v) is 4.68. The number of nitrogens with one attached hydrogen (secondary N) is 1. The summed E-state index contributed by atoms with van der Waals surface area (Å²) in [6.07, 6.45) is 4.23. The van der Waals surface area contributed by atoms with Gasteiger partial charge in [0.15, 0.2) is 0 Å². The smallest absolute Gasteiger partial charge is 0.254 e. The lowest BCUT2D eigenvalue weighted by Crippen LogP contribution is -2.48. The van der Waals surface area contributed by atoms with Crippen molar-refractivity contribution in [3.63, 3.8) is 0 Å². The van der Waals surface area contributed by atoms with Gasteiger partial charge >= 0.3 is 0 Å². The number of H-pyrrole nitrogens is 1. The Labute approximate surface area is 142 Å². The molecule has 0 aromatic carbocycles. The second-order valence-corrected chi connectivity index (χ2v) is 7.61. The van der Waals surface area contributed by atoms with Crippen LogP contribution < -0.4 is 5.56 Å². The monoisotopic (exact) mass is 333 g/mol. The summed E-state index contributed by atoms with van der Waals surface area (Å²) in [5, 5.41) is 0. The van der Waals surface area contributed by atoms with Crippen LogP contribution >= 0.6 is 0 Å². The van der Waals surface area contributed by atoms with Crippen molar-refractivity contribution in [2.75, 3.05) is 46.1 Å². The van der Waals surface area contributed by atoms with Crippen molar-refractivity contribution in [1.29, 1.82) is 0 Å². The number of hydrogen-bond acceptors (Lipinski definition) is 5. The molecule has 1 spiro atoms. The van der Waals surface area contributed by atoms with Crippen LogP contribution in [0.5, 0.6) is 0 Å². The summed E-state index contributed by atoms with van der Waals surface area (Å²) in [6, 6.07) is 0. The number of rotatable bonds is 2. The quantitative estimate of drug-likeness (QED) is 0.875. The molecule has 6 heteroatoms. The molecule has 2 fully saturated rings. The summed E-state index contributed by atoms with van der Waals surface area (Å²) in [6.45, 7) is 8.02. The van der Waals surface area contributed by atoms with E-state index in [9.17, 15) is 4.79 Å². The Kier molecular flexibility index (Phi) is 4.45. The van der Waals surface area contributed by atoms with Crippen molar-refractivity contribution in [1.82, 2.24) is 14.9 Å². The summed E-state index contributed by atoms with van der Waals surface area (Å²) in [5.74, 6) is 1.18. The van der Waals surface area contributed by atoms with Gasteiger partial charge in [-0.3, -0.25) is 4.79 Å². The Morgan fingerprint density at radius 1 is 1.29 bits per heavy atom. The van der Waals surface area contributed by atoms with E-state index in [1.165, 1.54) is 6.42 Å². The van der Waals surface area contributed by atoms with Crippen LogP contribution in [-0.2, 0) is 21.3 Å². The third-order valence-electron chi connectivity index (χ3n) is 5.74. The van der Waals surface area contributed by atoms with Gasteiger partial charge in [0.25, 0.3) is 5.56 Å². The highest BCUT2D eigenvalue weighted by molar-refractivity contribution is 5.33. The average molecular weight is 333 g/mol. The molecule has 0 saturated carbocycles. The Hall–Kier alpha value is -1.24. The van der Waals surface area contributed by atoms with E-state index in [1.807, 2.05) is 6.92 Å². The van der Waals surface area contributed by atoms with Crippen LogP contribution in [0.2, 0.25) is 0 Å². The van der Waals surface area contributed by atoms with Crippen molar-refractivity contribution in [2.45, 2.75) is 38.0 Å². The van der Waals surface area contributed by atoms with E-state index in [0.717, 1.165) is 69.2 Å². The van der Waals surface area contributed by atoms with Gasteiger partial charge in [-0.2, -0.15) is 0 Å². The number of piperidine rings is 1. The molecular weight excluding hydrogens is 306 g/mol. The molecule has 0 amide bonds. The molecule has 0 bridgehead atoms. The molecule has 0 radical (unpaired) electrons. The molecule has 6 nitrogen and oxygen atoms in total. The van der Waals surface area contributed by atoms with Gasteiger partial charge in [0.2, 0.25) is 0 Å². The van der Waals surface area contributed by atoms with E-state index < -0.39 is 0 Å². The topological polar surface area (TPSA) is 67.5 Å². The third kappa shape index (κ3) is 3.03. The van der Waals surface area contributed by atoms with Gasteiger partial charge < -0.3 is 19.4 Å². The summed E-state index contributed by atoms with van der Waals surface area (Å²) in [7, 11) is 0. The molecule has 132 valence electrons. The zero-order valence-electron chi connectivity index (χ0n) is 14.5. The SMILES string of the molecule is Cc1nc2c(c(=O)[nH]1)CCC21CCCN(CC2COCCOC2)C1. The molecule has 1 unspecified atom stereocenters. The number of nitrogens with zero attached hydrogens (tertiary/aromatic N) is 2. The highest BCUT2D eigenvalue weighted by Crippen LogP contribution is 2.43. The Morgan fingerprint density at radius 3 is 2.88 bits per heavy atom. The standard InChI is InChI=1S/C18H27N3O3/c1-13-19-16-15(17(22)20-13)3-5-18(16)4-2-6-21(12-18)9-14-10-23-7-8-24-11-14/h14H,2-12H2,1H3,(H,19,20,22). The number of ether oxygens (including phenoxy) is 2. The van der Waals surface area contributed by atoms with E-state index in [-0.39, 0.29) is 11.0 Å². The van der Waals surface area contributed by atoms with Gasteiger partial charge in [-0.25, -0.2) is 4.98 Å². The molecular formula is C18H27N3O3. The van der Waals surface area contributed by atoms with Gasteiger partial charge in [-0.15, -0.1) is 0 Å². The molecule has 3 aliphatic rings. The first-order valence-electron chi connectivity index (χ1n) is 9.14. The maximum atomic E-state index is 12.3. The van der Waals surface area contributed by atoms with Gasteiger partial charge in [0.1, 0.15) is 5.82 Å². The van der Waals surface area contributed by atoms with Crippen LogP contribution in [0.3, 0.4) is 0 Å². The van der Waals surface area contributed by atoms with Crippen LogP contribution in [0, 0.1) is 12.8 Å². The first-order valence-corrected chi connectivity index (χ1v) is 9.14. The van der Waals surface area contributed by atoms with Gasteiger partial charge in [0.05, 0.1) is 32.1 Å². The normalized spacial score (nSPS) is 28.9. The highest BCUT2D eigenvalue weighted by Gasteiger charge is 2.44. The second-order valence-electron chi connectivity index (χ2n) is 7.61. The zero-order valence-corrected chi connectivity index (χ0v) is 14.5. The van der Waals surface area contributed by atoms with Crippen molar-refractivity contribution in [3.8, 4) is 0 Å². The Morgan fingerprint density at radius 2 is 2.08 bits per heavy atom. The van der Waals surface area contributed by atoms with Crippen LogP contribution in [0.15, 0.2) is 4.79 Å². The molecule has 1 aromatic rings. The fraction of sp³-hybridized carbons (Fsp3) is 0.778. The van der Waals surface area contributed by atoms with Gasteiger partial charge in [0, 0.05) is 30.0 Å². The fourth-order valence-electron chi connectivity index (χ4n) is 4.68. The lowest BCUT2D eigenvalue weighted by molar-refractivity contribution is 0.0739. The van der Waals surface area contributed by atoms with Crippen LogP contribution in [-0.4, -0.2) is 60.9 Å². The summed E-state index contributed by atoms with van der Waals surface area (Å²) >= 11 is 0. The largest absolute Gasteiger partial charge is 0.379 e. The first-order chi connectivity index (χ1) is 11.7. The second kappa shape index (κ2) is 6.58. The lowest BCUT2D eigenvalue weighted by atomic mass is 9.77. The van der Waals surface area contributed by atoms with Gasteiger partial charge in [-0.05, 0) is 39.2 Å². The molecule has 3 heterocycles. The molecule has 2 saturated heterocycles. The first kappa shape index (κ1) is 16.2. The number of aromatic nitrogens is 2. The maximum Gasteiger partial charge on any atom is 0.254 e. The predicted octanol–water partition coefficient (Wildman–Crippen LogP) is 1.02. The minimum Gasteiger partial charge on any atom is -0.379 e. The Bertz CT molecular complexity index is 651. The van der Waals surface area contributed by atoms with Crippen LogP contribution in [0.1, 0.15) is 36.3 Å². The average Bonchev–Trinajstić information content (AvgIpc) is 2.74. The minimum atomic E-state index is 0.0667. The van der Waals surface area contributed by atoms with E-state index in [1.54, 1.807) is 0 Å². The molecule has 24 heavy (non-hydrogen) atoms. The number of hydrogen-bond donors (Lipinski definition) is 1. The summed E-state index contributed by atoms with van der Waals surface area (Å²) < 4.78 is 11.3. The van der Waals surface area contributed by atoms with Crippen LogP contribution in [0.4, 0.5) is 0 Å². The molecule has 1 N–H and O–H groups in total. The molecule has 1 atom stereocenters. The highest BCUT2D eigenvalue weighted by atomic mass is 16.5. The van der Waals surface area contributed by atoms with E-state index in [0.29, 0.717) is 19.1 Å². The van der Waals surface area contributed by atoms with Crippen molar-refractivity contribution in [2.24, 2.45) is 5.92 Å². The number of likely N-dealkylation sites (tertiary alicyclic amines) is 1. The summed E-state index contributed by atoms with van der Waals surface area (Å²) in [5.41, 5.74) is 2.13. The van der Waals surface area contributed by atoms with E-state index >= 15 is 0 Å². The maximum absolute atomic E-state index is 12.3. The lowest BCUT2D eigenvalue weighted by Gasteiger charge is -2.41. The minimum absolute atomic E-state index is 0.0667. The van der Waals surface area contributed by atoms with E-state index in [2.05, 4.69) is 9.88 Å². The molecule has 4 rings (SSSR count). The number of aromatic amines is 1. The number of aryl methyl sites for hydroxylation is 1. The zero-order chi connectivity index (χ0) is 16.6. The van der Waals surface area contributed by atoms with Crippen molar-refractivity contribution < 1.29 is 9.47 Å².